The van der Waals surface area contributed by atoms with E-state index in [-0.39, 0.29) is 0 Å². The van der Waals surface area contributed by atoms with Crippen molar-refractivity contribution in [3.63, 3.8) is 0 Å². The third-order valence-corrected chi connectivity index (χ3v) is 3.55. The van der Waals surface area contributed by atoms with E-state index in [1.165, 1.54) is 32.1 Å². The van der Waals surface area contributed by atoms with E-state index < -0.39 is 0 Å². The van der Waals surface area contributed by atoms with Gasteiger partial charge in [-0.2, -0.15) is 0 Å². The first-order valence-electron chi connectivity index (χ1n) is 6.10. The second-order valence-electron chi connectivity index (χ2n) is 4.54. The molecule has 0 aliphatic heterocycles. The summed E-state index contributed by atoms with van der Waals surface area (Å²) in [6, 6.07) is 0. The number of aliphatic hydroxyl groups is 2. The van der Waals surface area contributed by atoms with Gasteiger partial charge in [-0.05, 0) is 24.7 Å². The lowest BCUT2D eigenvalue weighted by atomic mass is 9.75. The molecule has 1 rings (SSSR count). The number of rotatable bonds is 6. The van der Waals surface area contributed by atoms with Crippen LogP contribution in [0.25, 0.3) is 0 Å². The quantitative estimate of drug-likeness (QED) is 0.646. The average molecular weight is 200 g/mol. The molecule has 2 unspecified atom stereocenters. The molecule has 14 heavy (non-hydrogen) atoms. The highest BCUT2D eigenvalue weighted by Gasteiger charge is 2.23. The molecular weight excluding hydrogens is 176 g/mol. The van der Waals surface area contributed by atoms with Gasteiger partial charge >= 0.3 is 0 Å². The molecule has 0 heterocycles. The Morgan fingerprint density at radius 3 is 2.00 bits per heavy atom. The maximum Gasteiger partial charge on any atom is 0.0433 e. The molecule has 0 radical (unpaired) electrons. The van der Waals surface area contributed by atoms with Gasteiger partial charge in [0.25, 0.3) is 0 Å². The van der Waals surface area contributed by atoms with Crippen molar-refractivity contribution in [2.24, 2.45) is 11.8 Å². The summed E-state index contributed by atoms with van der Waals surface area (Å²) in [5, 5.41) is 17.7. The van der Waals surface area contributed by atoms with Crippen LogP contribution in [0.3, 0.4) is 0 Å². The minimum atomic E-state index is 0.331. The number of hydrogen-bond acceptors (Lipinski definition) is 2. The van der Waals surface area contributed by atoms with Crippen LogP contribution in [0.15, 0.2) is 0 Å². The van der Waals surface area contributed by atoms with Crippen molar-refractivity contribution in [1.82, 2.24) is 0 Å². The van der Waals surface area contributed by atoms with E-state index in [2.05, 4.69) is 0 Å². The monoisotopic (exact) mass is 200 g/mol. The standard InChI is InChI=1S/C12H24O2/c13-9-4-3-7-11-5-1-2-6-12(11)8-10-14/h11-14H,1-10H2. The molecule has 2 atom stereocenters. The van der Waals surface area contributed by atoms with Crippen LogP contribution >= 0.6 is 0 Å². The maximum absolute atomic E-state index is 8.97. The fraction of sp³-hybridized carbons (Fsp3) is 1.00. The molecule has 2 heteroatoms. The summed E-state index contributed by atoms with van der Waals surface area (Å²) in [6.45, 7) is 0.679. The first kappa shape index (κ1) is 12.0. The van der Waals surface area contributed by atoms with Crippen LogP contribution in [-0.2, 0) is 0 Å². The van der Waals surface area contributed by atoms with Crippen molar-refractivity contribution < 1.29 is 10.2 Å². The van der Waals surface area contributed by atoms with Crippen molar-refractivity contribution in [1.29, 1.82) is 0 Å². The molecule has 0 spiro atoms. The van der Waals surface area contributed by atoms with Crippen LogP contribution in [0.4, 0.5) is 0 Å². The normalized spacial score (nSPS) is 27.9. The van der Waals surface area contributed by atoms with Gasteiger partial charge in [0.15, 0.2) is 0 Å². The lowest BCUT2D eigenvalue weighted by Gasteiger charge is -2.31. The van der Waals surface area contributed by atoms with Crippen LogP contribution in [0.1, 0.15) is 51.4 Å². The molecule has 1 aliphatic rings. The van der Waals surface area contributed by atoms with Crippen LogP contribution in [0, 0.1) is 11.8 Å². The predicted molar refractivity (Wildman–Crippen MR) is 58.1 cm³/mol. The molecule has 0 aromatic carbocycles. The largest absolute Gasteiger partial charge is 0.396 e. The van der Waals surface area contributed by atoms with E-state index in [9.17, 15) is 0 Å². The van der Waals surface area contributed by atoms with Gasteiger partial charge in [-0.15, -0.1) is 0 Å². The van der Waals surface area contributed by atoms with Gasteiger partial charge in [0.2, 0.25) is 0 Å². The van der Waals surface area contributed by atoms with Gasteiger partial charge in [0, 0.05) is 13.2 Å². The third-order valence-electron chi connectivity index (χ3n) is 3.55. The zero-order chi connectivity index (χ0) is 10.2. The highest BCUT2D eigenvalue weighted by molar-refractivity contribution is 4.75. The summed E-state index contributed by atoms with van der Waals surface area (Å²) in [5.74, 6) is 1.58. The molecule has 84 valence electrons. The van der Waals surface area contributed by atoms with Crippen LogP contribution in [0.2, 0.25) is 0 Å². The van der Waals surface area contributed by atoms with Crippen LogP contribution in [0.5, 0.6) is 0 Å². The Kier molecular flexibility index (Phi) is 6.20. The Morgan fingerprint density at radius 1 is 0.786 bits per heavy atom. The van der Waals surface area contributed by atoms with Crippen molar-refractivity contribution in [3.8, 4) is 0 Å². The third kappa shape index (κ3) is 3.97. The summed E-state index contributed by atoms with van der Waals surface area (Å²) in [6.07, 6.45) is 9.72. The van der Waals surface area contributed by atoms with E-state index in [0.717, 1.165) is 31.1 Å². The molecule has 0 aromatic heterocycles. The number of aliphatic hydroxyl groups excluding tert-OH is 2. The minimum absolute atomic E-state index is 0.331. The van der Waals surface area contributed by atoms with Crippen LogP contribution < -0.4 is 0 Å². The van der Waals surface area contributed by atoms with Crippen molar-refractivity contribution in [2.45, 2.75) is 51.4 Å². The first-order valence-corrected chi connectivity index (χ1v) is 6.10. The first-order chi connectivity index (χ1) is 6.88. The van der Waals surface area contributed by atoms with E-state index in [1.54, 1.807) is 0 Å². The Balaban J connectivity index is 2.22. The second kappa shape index (κ2) is 7.24. The molecule has 0 amide bonds. The summed E-state index contributed by atoms with van der Waals surface area (Å²) in [4.78, 5) is 0. The van der Waals surface area contributed by atoms with Crippen LogP contribution in [-0.4, -0.2) is 23.4 Å². The lowest BCUT2D eigenvalue weighted by Crippen LogP contribution is -2.20. The smallest absolute Gasteiger partial charge is 0.0433 e. The molecule has 2 N–H and O–H groups in total. The summed E-state index contributed by atoms with van der Waals surface area (Å²) in [7, 11) is 0. The van der Waals surface area contributed by atoms with E-state index in [0.29, 0.717) is 13.2 Å². The molecule has 0 aromatic rings. The SMILES string of the molecule is OCCCCC1CCCCC1CCO. The van der Waals surface area contributed by atoms with Gasteiger partial charge in [0.1, 0.15) is 0 Å². The Morgan fingerprint density at radius 2 is 1.43 bits per heavy atom. The maximum atomic E-state index is 8.97. The summed E-state index contributed by atoms with van der Waals surface area (Å²) < 4.78 is 0. The van der Waals surface area contributed by atoms with E-state index in [4.69, 9.17) is 10.2 Å². The zero-order valence-corrected chi connectivity index (χ0v) is 9.12. The van der Waals surface area contributed by atoms with Crippen molar-refractivity contribution >= 4 is 0 Å². The highest BCUT2D eigenvalue weighted by atomic mass is 16.3. The second-order valence-corrected chi connectivity index (χ2v) is 4.54. The fourth-order valence-corrected chi connectivity index (χ4v) is 2.73. The molecular formula is C12H24O2. The molecule has 1 saturated carbocycles. The predicted octanol–water partition coefficient (Wildman–Crippen LogP) is 2.34. The highest BCUT2D eigenvalue weighted by Crippen LogP contribution is 2.35. The number of unbranched alkanes of at least 4 members (excludes halogenated alkanes) is 1. The molecule has 1 fully saturated rings. The minimum Gasteiger partial charge on any atom is -0.396 e. The van der Waals surface area contributed by atoms with E-state index in [1.807, 2.05) is 0 Å². The van der Waals surface area contributed by atoms with Gasteiger partial charge in [-0.3, -0.25) is 0 Å². The summed E-state index contributed by atoms with van der Waals surface area (Å²) in [5.41, 5.74) is 0. The molecule has 2 nitrogen and oxygen atoms in total. The molecule has 1 aliphatic carbocycles. The average Bonchev–Trinajstić information content (AvgIpc) is 2.21. The lowest BCUT2D eigenvalue weighted by molar-refractivity contribution is 0.163. The zero-order valence-electron chi connectivity index (χ0n) is 9.12. The van der Waals surface area contributed by atoms with Gasteiger partial charge in [-0.1, -0.05) is 38.5 Å². The Hall–Kier alpha value is -0.0800. The van der Waals surface area contributed by atoms with E-state index >= 15 is 0 Å². The van der Waals surface area contributed by atoms with Gasteiger partial charge in [0.05, 0.1) is 0 Å². The van der Waals surface area contributed by atoms with Crippen molar-refractivity contribution in [3.05, 3.63) is 0 Å². The van der Waals surface area contributed by atoms with Gasteiger partial charge < -0.3 is 10.2 Å². The molecule has 0 saturated heterocycles. The Labute approximate surface area is 87.3 Å². The topological polar surface area (TPSA) is 40.5 Å². The van der Waals surface area contributed by atoms with Crippen molar-refractivity contribution in [2.75, 3.05) is 13.2 Å². The number of hydrogen-bond donors (Lipinski definition) is 2. The van der Waals surface area contributed by atoms with Gasteiger partial charge in [-0.25, -0.2) is 0 Å². The molecule has 0 bridgehead atoms. The summed E-state index contributed by atoms with van der Waals surface area (Å²) >= 11 is 0. The fourth-order valence-electron chi connectivity index (χ4n) is 2.73. The Bertz CT molecular complexity index is 134.